The van der Waals surface area contributed by atoms with E-state index in [0.717, 1.165) is 23.7 Å². The fraction of sp³-hybridized carbons (Fsp3) is 0.562. The summed E-state index contributed by atoms with van der Waals surface area (Å²) in [6, 6.07) is 8.25. The monoisotopic (exact) mass is 309 g/mol. The van der Waals surface area contributed by atoms with Crippen LogP contribution in [0.4, 0.5) is 10.5 Å². The van der Waals surface area contributed by atoms with Crippen LogP contribution in [0.15, 0.2) is 24.3 Å². The van der Waals surface area contributed by atoms with E-state index >= 15 is 0 Å². The Balaban J connectivity index is 2.54. The first-order valence-electron chi connectivity index (χ1n) is 7.55. The predicted octanol–water partition coefficient (Wildman–Crippen LogP) is 3.62. The van der Waals surface area contributed by atoms with E-state index in [1.807, 2.05) is 36.9 Å². The molecule has 2 atom stereocenters. The average Bonchev–Trinajstić information content (AvgIpc) is 2.45. The molecule has 0 aromatic heterocycles. The predicted molar refractivity (Wildman–Crippen MR) is 93.1 cm³/mol. The second-order valence-electron chi connectivity index (χ2n) is 5.06. The lowest BCUT2D eigenvalue weighted by Crippen LogP contribution is -2.37. The molecule has 1 rings (SSSR count). The van der Waals surface area contributed by atoms with Crippen LogP contribution in [0.2, 0.25) is 0 Å². The molecule has 2 amide bonds. The lowest BCUT2D eigenvalue weighted by atomic mass is 10.1. The van der Waals surface area contributed by atoms with Gasteiger partial charge in [0.2, 0.25) is 0 Å². The molecule has 0 bridgehead atoms. The molecule has 0 radical (unpaired) electrons. The SMILES string of the molecule is CCNC(C)c1cccc(NC(=O)NC(C)CSCC)c1. The van der Waals surface area contributed by atoms with Gasteiger partial charge in [-0.15, -0.1) is 0 Å². The molecule has 0 aliphatic carbocycles. The zero-order valence-electron chi connectivity index (χ0n) is 13.4. The van der Waals surface area contributed by atoms with E-state index < -0.39 is 0 Å². The summed E-state index contributed by atoms with van der Waals surface area (Å²) in [6.45, 7) is 9.26. The van der Waals surface area contributed by atoms with Crippen LogP contribution in [0.5, 0.6) is 0 Å². The zero-order valence-corrected chi connectivity index (χ0v) is 14.2. The summed E-state index contributed by atoms with van der Waals surface area (Å²) in [5.41, 5.74) is 1.99. The van der Waals surface area contributed by atoms with Crippen LogP contribution in [0.25, 0.3) is 0 Å². The summed E-state index contributed by atoms with van der Waals surface area (Å²) >= 11 is 1.83. The largest absolute Gasteiger partial charge is 0.335 e. The summed E-state index contributed by atoms with van der Waals surface area (Å²) in [7, 11) is 0. The molecule has 2 unspecified atom stereocenters. The standard InChI is InChI=1S/C16H27N3OS/c1-5-17-13(4)14-8-7-9-15(10-14)19-16(20)18-12(3)11-21-6-2/h7-10,12-13,17H,5-6,11H2,1-4H3,(H2,18,19,20). The number of thioether (sulfide) groups is 1. The van der Waals surface area contributed by atoms with Gasteiger partial charge in [0.25, 0.3) is 0 Å². The topological polar surface area (TPSA) is 53.2 Å². The van der Waals surface area contributed by atoms with Crippen molar-refractivity contribution < 1.29 is 4.79 Å². The molecule has 0 aliphatic rings. The summed E-state index contributed by atoms with van der Waals surface area (Å²) in [4.78, 5) is 11.9. The van der Waals surface area contributed by atoms with Crippen LogP contribution in [-0.4, -0.2) is 30.1 Å². The van der Waals surface area contributed by atoms with Crippen molar-refractivity contribution in [3.05, 3.63) is 29.8 Å². The molecule has 4 nitrogen and oxygen atoms in total. The molecule has 0 saturated heterocycles. The fourth-order valence-corrected chi connectivity index (χ4v) is 2.71. The summed E-state index contributed by atoms with van der Waals surface area (Å²) in [5.74, 6) is 2.00. The van der Waals surface area contributed by atoms with Crippen LogP contribution < -0.4 is 16.0 Å². The first kappa shape index (κ1) is 17.9. The van der Waals surface area contributed by atoms with Crippen molar-refractivity contribution in [2.75, 3.05) is 23.4 Å². The Bertz CT molecular complexity index is 439. The van der Waals surface area contributed by atoms with Gasteiger partial charge in [-0.3, -0.25) is 0 Å². The number of urea groups is 1. The molecule has 5 heteroatoms. The molecule has 3 N–H and O–H groups in total. The molecule has 1 aromatic carbocycles. The minimum Gasteiger partial charge on any atom is -0.335 e. The Morgan fingerprint density at radius 1 is 1.29 bits per heavy atom. The Morgan fingerprint density at radius 2 is 2.05 bits per heavy atom. The number of amides is 2. The first-order valence-corrected chi connectivity index (χ1v) is 8.70. The van der Waals surface area contributed by atoms with Crippen molar-refractivity contribution in [3.8, 4) is 0 Å². The zero-order chi connectivity index (χ0) is 15.7. The maximum Gasteiger partial charge on any atom is 0.319 e. The van der Waals surface area contributed by atoms with Crippen LogP contribution in [0.1, 0.15) is 39.3 Å². The molecule has 21 heavy (non-hydrogen) atoms. The first-order chi connectivity index (χ1) is 10.1. The van der Waals surface area contributed by atoms with Gasteiger partial charge in [-0.1, -0.05) is 26.0 Å². The van der Waals surface area contributed by atoms with E-state index in [2.05, 4.69) is 42.8 Å². The fourth-order valence-electron chi connectivity index (χ4n) is 2.04. The van der Waals surface area contributed by atoms with Gasteiger partial charge in [-0.05, 0) is 43.8 Å². The molecular formula is C16H27N3OS. The average molecular weight is 309 g/mol. The lowest BCUT2D eigenvalue weighted by Gasteiger charge is -2.16. The quantitative estimate of drug-likeness (QED) is 0.687. The maximum atomic E-state index is 11.9. The molecule has 118 valence electrons. The van der Waals surface area contributed by atoms with E-state index in [9.17, 15) is 4.79 Å². The van der Waals surface area contributed by atoms with E-state index in [1.54, 1.807) is 0 Å². The van der Waals surface area contributed by atoms with E-state index in [4.69, 9.17) is 0 Å². The lowest BCUT2D eigenvalue weighted by molar-refractivity contribution is 0.250. The molecular weight excluding hydrogens is 282 g/mol. The van der Waals surface area contributed by atoms with Crippen molar-refractivity contribution in [2.24, 2.45) is 0 Å². The minimum absolute atomic E-state index is 0.146. The summed E-state index contributed by atoms with van der Waals surface area (Å²) < 4.78 is 0. The van der Waals surface area contributed by atoms with Crippen molar-refractivity contribution in [1.29, 1.82) is 0 Å². The number of anilines is 1. The number of carbonyl (C=O) groups is 1. The van der Waals surface area contributed by atoms with Crippen molar-refractivity contribution >= 4 is 23.5 Å². The van der Waals surface area contributed by atoms with Gasteiger partial charge < -0.3 is 16.0 Å². The molecule has 1 aromatic rings. The number of hydrogen-bond donors (Lipinski definition) is 3. The second kappa shape index (κ2) is 9.68. The van der Waals surface area contributed by atoms with Crippen LogP contribution in [0.3, 0.4) is 0 Å². The number of nitrogens with one attached hydrogen (secondary N) is 3. The normalized spacial score (nSPS) is 13.5. The van der Waals surface area contributed by atoms with Crippen molar-refractivity contribution in [3.63, 3.8) is 0 Å². The van der Waals surface area contributed by atoms with Gasteiger partial charge >= 0.3 is 6.03 Å². The number of benzene rings is 1. The Kier molecular flexibility index (Phi) is 8.23. The molecule has 0 fully saturated rings. The van der Waals surface area contributed by atoms with Crippen LogP contribution >= 0.6 is 11.8 Å². The minimum atomic E-state index is -0.146. The van der Waals surface area contributed by atoms with E-state index in [1.165, 1.54) is 5.56 Å². The highest BCUT2D eigenvalue weighted by Crippen LogP contribution is 2.17. The van der Waals surface area contributed by atoms with Gasteiger partial charge in [0.05, 0.1) is 0 Å². The highest BCUT2D eigenvalue weighted by atomic mass is 32.2. The Hall–Kier alpha value is -1.20. The van der Waals surface area contributed by atoms with Gasteiger partial charge in [-0.25, -0.2) is 4.79 Å². The van der Waals surface area contributed by atoms with E-state index in [0.29, 0.717) is 0 Å². The summed E-state index contributed by atoms with van der Waals surface area (Å²) in [6.07, 6.45) is 0. The number of carbonyl (C=O) groups excluding carboxylic acids is 1. The third kappa shape index (κ3) is 6.87. The highest BCUT2D eigenvalue weighted by Gasteiger charge is 2.09. The van der Waals surface area contributed by atoms with Crippen molar-refractivity contribution in [2.45, 2.75) is 39.8 Å². The number of rotatable bonds is 8. The summed E-state index contributed by atoms with van der Waals surface area (Å²) in [5, 5.41) is 9.22. The third-order valence-corrected chi connectivity index (χ3v) is 4.25. The highest BCUT2D eigenvalue weighted by molar-refractivity contribution is 7.99. The molecule has 0 spiro atoms. The second-order valence-corrected chi connectivity index (χ2v) is 6.38. The Morgan fingerprint density at radius 3 is 2.71 bits per heavy atom. The molecule has 0 saturated carbocycles. The molecule has 0 aliphatic heterocycles. The smallest absolute Gasteiger partial charge is 0.319 e. The van der Waals surface area contributed by atoms with Crippen molar-refractivity contribution in [1.82, 2.24) is 10.6 Å². The number of hydrogen-bond acceptors (Lipinski definition) is 3. The van der Waals surface area contributed by atoms with Crippen LogP contribution in [-0.2, 0) is 0 Å². The van der Waals surface area contributed by atoms with E-state index in [-0.39, 0.29) is 18.1 Å². The maximum absolute atomic E-state index is 11.9. The Labute approximate surface area is 132 Å². The van der Waals surface area contributed by atoms with Gasteiger partial charge in [0, 0.05) is 23.5 Å². The van der Waals surface area contributed by atoms with Crippen LogP contribution in [0, 0.1) is 0 Å². The molecule has 0 heterocycles. The van der Waals surface area contributed by atoms with Gasteiger partial charge in [0.15, 0.2) is 0 Å². The van der Waals surface area contributed by atoms with Gasteiger partial charge in [0.1, 0.15) is 0 Å². The third-order valence-electron chi connectivity index (χ3n) is 3.10. The van der Waals surface area contributed by atoms with Gasteiger partial charge in [-0.2, -0.15) is 11.8 Å².